The lowest BCUT2D eigenvalue weighted by Crippen LogP contribution is -2.61. The van der Waals surface area contributed by atoms with Crippen LogP contribution in [0.5, 0.6) is 0 Å². The Hall–Kier alpha value is -2.04. The molecule has 0 aliphatic carbocycles. The SMILES string of the molecule is CN(C)c1ccccc1N1CC(=O)N2CCCCC2C1=O. The van der Waals surface area contributed by atoms with Gasteiger partial charge in [0.15, 0.2) is 0 Å². The van der Waals surface area contributed by atoms with Gasteiger partial charge < -0.3 is 9.80 Å². The van der Waals surface area contributed by atoms with E-state index in [0.29, 0.717) is 0 Å². The van der Waals surface area contributed by atoms with Crippen molar-refractivity contribution in [3.05, 3.63) is 24.3 Å². The van der Waals surface area contributed by atoms with Gasteiger partial charge in [-0.25, -0.2) is 0 Å². The molecule has 0 radical (unpaired) electrons. The number of nitrogens with zero attached hydrogens (tertiary/aromatic N) is 3. The molecule has 21 heavy (non-hydrogen) atoms. The summed E-state index contributed by atoms with van der Waals surface area (Å²) in [6.07, 6.45) is 2.80. The fourth-order valence-corrected chi connectivity index (χ4v) is 3.25. The summed E-state index contributed by atoms with van der Waals surface area (Å²) in [7, 11) is 3.89. The monoisotopic (exact) mass is 287 g/mol. The Morgan fingerprint density at radius 2 is 1.90 bits per heavy atom. The minimum atomic E-state index is -0.268. The summed E-state index contributed by atoms with van der Waals surface area (Å²) in [6, 6.07) is 7.48. The molecule has 2 saturated heterocycles. The van der Waals surface area contributed by atoms with Gasteiger partial charge in [-0.3, -0.25) is 14.5 Å². The highest BCUT2D eigenvalue weighted by Crippen LogP contribution is 2.32. The van der Waals surface area contributed by atoms with Crippen molar-refractivity contribution in [1.82, 2.24) is 4.90 Å². The number of hydrogen-bond acceptors (Lipinski definition) is 3. The van der Waals surface area contributed by atoms with Gasteiger partial charge in [0.25, 0.3) is 0 Å². The van der Waals surface area contributed by atoms with Crippen molar-refractivity contribution in [2.45, 2.75) is 25.3 Å². The first-order valence-electron chi connectivity index (χ1n) is 7.47. The number of benzene rings is 1. The van der Waals surface area contributed by atoms with Crippen molar-refractivity contribution in [2.24, 2.45) is 0 Å². The van der Waals surface area contributed by atoms with Crippen molar-refractivity contribution in [1.29, 1.82) is 0 Å². The summed E-state index contributed by atoms with van der Waals surface area (Å²) >= 11 is 0. The van der Waals surface area contributed by atoms with E-state index in [2.05, 4.69) is 0 Å². The van der Waals surface area contributed by atoms with E-state index in [1.165, 1.54) is 0 Å². The molecule has 0 saturated carbocycles. The van der Waals surface area contributed by atoms with Gasteiger partial charge in [-0.2, -0.15) is 0 Å². The van der Waals surface area contributed by atoms with E-state index in [9.17, 15) is 9.59 Å². The fraction of sp³-hybridized carbons (Fsp3) is 0.500. The van der Waals surface area contributed by atoms with Crippen molar-refractivity contribution >= 4 is 23.2 Å². The molecule has 2 aliphatic heterocycles. The van der Waals surface area contributed by atoms with Crippen LogP contribution in [0.4, 0.5) is 11.4 Å². The second-order valence-electron chi connectivity index (χ2n) is 5.91. The molecule has 2 amide bonds. The summed E-state index contributed by atoms with van der Waals surface area (Å²) in [6.45, 7) is 0.874. The normalized spacial score (nSPS) is 22.3. The number of rotatable bonds is 2. The predicted octanol–water partition coefficient (Wildman–Crippen LogP) is 1.48. The van der Waals surface area contributed by atoms with Gasteiger partial charge in [0, 0.05) is 20.6 Å². The zero-order valence-corrected chi connectivity index (χ0v) is 12.6. The van der Waals surface area contributed by atoms with Gasteiger partial charge in [0.05, 0.1) is 11.4 Å². The molecular weight excluding hydrogens is 266 g/mol. The smallest absolute Gasteiger partial charge is 0.250 e. The Morgan fingerprint density at radius 3 is 2.67 bits per heavy atom. The maximum atomic E-state index is 12.8. The summed E-state index contributed by atoms with van der Waals surface area (Å²) < 4.78 is 0. The third kappa shape index (κ3) is 2.37. The minimum Gasteiger partial charge on any atom is -0.376 e. The maximum Gasteiger partial charge on any atom is 0.250 e. The largest absolute Gasteiger partial charge is 0.376 e. The quantitative estimate of drug-likeness (QED) is 0.827. The molecule has 2 fully saturated rings. The van der Waals surface area contributed by atoms with Crippen LogP contribution in [0.15, 0.2) is 24.3 Å². The zero-order chi connectivity index (χ0) is 15.0. The third-order valence-electron chi connectivity index (χ3n) is 4.32. The number of anilines is 2. The molecule has 0 N–H and O–H groups in total. The van der Waals surface area contributed by atoms with E-state index < -0.39 is 0 Å². The van der Waals surface area contributed by atoms with Crippen molar-refractivity contribution < 1.29 is 9.59 Å². The van der Waals surface area contributed by atoms with Gasteiger partial charge in [-0.1, -0.05) is 12.1 Å². The number of hydrogen-bond donors (Lipinski definition) is 0. The van der Waals surface area contributed by atoms with E-state index >= 15 is 0 Å². The number of carbonyl (C=O) groups is 2. The van der Waals surface area contributed by atoms with E-state index in [0.717, 1.165) is 37.2 Å². The highest BCUT2D eigenvalue weighted by molar-refractivity contribution is 6.08. The van der Waals surface area contributed by atoms with Gasteiger partial charge in [0.2, 0.25) is 11.8 Å². The Morgan fingerprint density at radius 1 is 1.14 bits per heavy atom. The highest BCUT2D eigenvalue weighted by atomic mass is 16.2. The van der Waals surface area contributed by atoms with Crippen molar-refractivity contribution in [3.63, 3.8) is 0 Å². The number of piperazine rings is 1. The summed E-state index contributed by atoms with van der Waals surface area (Å²) in [5, 5.41) is 0. The number of fused-ring (bicyclic) bond motifs is 1. The van der Waals surface area contributed by atoms with E-state index in [1.807, 2.05) is 43.3 Å². The fourth-order valence-electron chi connectivity index (χ4n) is 3.25. The number of para-hydroxylation sites is 2. The Bertz CT molecular complexity index is 570. The predicted molar refractivity (Wildman–Crippen MR) is 82.5 cm³/mol. The molecule has 5 heteroatoms. The van der Waals surface area contributed by atoms with Gasteiger partial charge in [-0.15, -0.1) is 0 Å². The third-order valence-corrected chi connectivity index (χ3v) is 4.32. The first-order chi connectivity index (χ1) is 10.1. The standard InChI is InChI=1S/C16H21N3O2/c1-17(2)12-7-3-4-8-13(12)19-11-15(20)18-10-6-5-9-14(18)16(19)21/h3-4,7-8,14H,5-6,9-11H2,1-2H3. The van der Waals surface area contributed by atoms with E-state index in [1.54, 1.807) is 9.80 Å². The van der Waals surface area contributed by atoms with Crippen LogP contribution in [0.25, 0.3) is 0 Å². The van der Waals surface area contributed by atoms with E-state index in [4.69, 9.17) is 0 Å². The van der Waals surface area contributed by atoms with Gasteiger partial charge in [0.1, 0.15) is 12.6 Å². The first kappa shape index (κ1) is 13.9. The molecule has 112 valence electrons. The molecule has 2 heterocycles. The van der Waals surface area contributed by atoms with Gasteiger partial charge in [-0.05, 0) is 31.4 Å². The summed E-state index contributed by atoms with van der Waals surface area (Å²) in [5.74, 6) is 0.122. The molecule has 1 aromatic rings. The van der Waals surface area contributed by atoms with E-state index in [-0.39, 0.29) is 24.4 Å². The molecule has 3 rings (SSSR count). The lowest BCUT2D eigenvalue weighted by atomic mass is 9.98. The average molecular weight is 287 g/mol. The van der Waals surface area contributed by atoms with Crippen LogP contribution in [0.3, 0.4) is 0 Å². The zero-order valence-electron chi connectivity index (χ0n) is 12.6. The Labute approximate surface area is 125 Å². The molecule has 5 nitrogen and oxygen atoms in total. The minimum absolute atomic E-state index is 0.0589. The van der Waals surface area contributed by atoms with Crippen LogP contribution in [0.2, 0.25) is 0 Å². The molecule has 1 unspecified atom stereocenters. The number of amides is 2. The second-order valence-corrected chi connectivity index (χ2v) is 5.91. The van der Waals surface area contributed by atoms with Crippen LogP contribution >= 0.6 is 0 Å². The first-order valence-corrected chi connectivity index (χ1v) is 7.47. The number of carbonyl (C=O) groups excluding carboxylic acids is 2. The lowest BCUT2D eigenvalue weighted by Gasteiger charge is -2.43. The topological polar surface area (TPSA) is 43.9 Å². The summed E-state index contributed by atoms with van der Waals surface area (Å²) in [5.41, 5.74) is 1.79. The highest BCUT2D eigenvalue weighted by Gasteiger charge is 2.41. The van der Waals surface area contributed by atoms with Crippen LogP contribution in [-0.2, 0) is 9.59 Å². The molecule has 1 aromatic carbocycles. The van der Waals surface area contributed by atoms with Crippen LogP contribution in [0, 0.1) is 0 Å². The Balaban J connectivity index is 1.96. The molecule has 2 aliphatic rings. The van der Waals surface area contributed by atoms with Gasteiger partial charge >= 0.3 is 0 Å². The molecule has 0 spiro atoms. The molecule has 0 bridgehead atoms. The molecule has 1 atom stereocenters. The van der Waals surface area contributed by atoms with Crippen LogP contribution < -0.4 is 9.80 Å². The lowest BCUT2D eigenvalue weighted by molar-refractivity contribution is -0.144. The Kier molecular flexibility index (Phi) is 3.57. The molecule has 0 aromatic heterocycles. The maximum absolute atomic E-state index is 12.8. The van der Waals surface area contributed by atoms with Crippen LogP contribution in [-0.4, -0.2) is 49.9 Å². The van der Waals surface area contributed by atoms with Crippen LogP contribution in [0.1, 0.15) is 19.3 Å². The number of piperidine rings is 1. The van der Waals surface area contributed by atoms with Crippen molar-refractivity contribution in [2.75, 3.05) is 37.0 Å². The second kappa shape index (κ2) is 5.39. The summed E-state index contributed by atoms with van der Waals surface area (Å²) in [4.78, 5) is 30.5. The average Bonchev–Trinajstić information content (AvgIpc) is 2.51. The van der Waals surface area contributed by atoms with Crippen molar-refractivity contribution in [3.8, 4) is 0 Å². The molecular formula is C16H21N3O2.